The fourth-order valence-electron chi connectivity index (χ4n) is 3.30. The summed E-state index contributed by atoms with van der Waals surface area (Å²) < 4.78 is 5.79. The molecular formula is C25H31N3O2. The van der Waals surface area contributed by atoms with Gasteiger partial charge in [-0.3, -0.25) is 4.79 Å². The molecule has 0 bridgehead atoms. The van der Waals surface area contributed by atoms with E-state index in [9.17, 15) is 4.79 Å². The van der Waals surface area contributed by atoms with Crippen molar-refractivity contribution in [2.75, 3.05) is 11.9 Å². The zero-order valence-electron chi connectivity index (χ0n) is 18.7. The number of hydrogen-bond acceptors (Lipinski definition) is 4. The first kappa shape index (κ1) is 21.6. The molecule has 0 radical (unpaired) electrons. The zero-order chi connectivity index (χ0) is 21.8. The number of aryl methyl sites for hydroxylation is 1. The van der Waals surface area contributed by atoms with Crippen LogP contribution in [-0.4, -0.2) is 35.1 Å². The Hall–Kier alpha value is -3.08. The second-order valence-electron chi connectivity index (χ2n) is 8.28. The Labute approximate surface area is 179 Å². The van der Waals surface area contributed by atoms with Gasteiger partial charge >= 0.3 is 0 Å². The minimum Gasteiger partial charge on any atom is -0.341 e. The van der Waals surface area contributed by atoms with E-state index >= 15 is 0 Å². The first-order valence-electron chi connectivity index (χ1n) is 10.4. The molecular weight excluding hydrogens is 374 g/mol. The summed E-state index contributed by atoms with van der Waals surface area (Å²) in [7, 11) is 1.99. The van der Waals surface area contributed by atoms with Crippen molar-refractivity contribution in [1.82, 2.24) is 10.1 Å². The summed E-state index contributed by atoms with van der Waals surface area (Å²) >= 11 is 0. The van der Waals surface area contributed by atoms with Gasteiger partial charge in [0.2, 0.25) is 5.88 Å². The third-order valence-electron chi connectivity index (χ3n) is 5.42. The van der Waals surface area contributed by atoms with Gasteiger partial charge < -0.3 is 14.3 Å². The molecule has 0 aliphatic rings. The molecule has 3 rings (SSSR count). The van der Waals surface area contributed by atoms with Crippen molar-refractivity contribution in [3.05, 3.63) is 71.3 Å². The maximum absolute atomic E-state index is 13.3. The quantitative estimate of drug-likeness (QED) is 0.517. The highest BCUT2D eigenvalue weighted by Gasteiger charge is 2.27. The van der Waals surface area contributed by atoms with E-state index in [1.54, 1.807) is 0 Å². The van der Waals surface area contributed by atoms with Gasteiger partial charge in [-0.05, 0) is 46.8 Å². The Balaban J connectivity index is 2.04. The highest BCUT2D eigenvalue weighted by molar-refractivity contribution is 5.94. The molecule has 5 heteroatoms. The van der Waals surface area contributed by atoms with Gasteiger partial charge in [-0.1, -0.05) is 53.2 Å². The SMILES string of the molecule is Cc1ccc(C(=O)N(Cc2c(-c3ccccc3)noc2N(C)C(C)C)C(C)C)cc1. The summed E-state index contributed by atoms with van der Waals surface area (Å²) in [6, 6.07) is 18.0. The summed E-state index contributed by atoms with van der Waals surface area (Å²) in [6.45, 7) is 10.7. The van der Waals surface area contributed by atoms with Crippen molar-refractivity contribution in [2.45, 2.75) is 53.2 Å². The van der Waals surface area contributed by atoms with Gasteiger partial charge in [0.1, 0.15) is 5.69 Å². The second kappa shape index (κ2) is 9.16. The number of benzene rings is 2. The van der Waals surface area contributed by atoms with Gasteiger partial charge in [-0.15, -0.1) is 0 Å². The van der Waals surface area contributed by atoms with Crippen LogP contribution in [-0.2, 0) is 6.54 Å². The van der Waals surface area contributed by atoms with Gasteiger partial charge in [0.25, 0.3) is 5.91 Å². The van der Waals surface area contributed by atoms with Gasteiger partial charge in [-0.2, -0.15) is 0 Å². The van der Waals surface area contributed by atoms with Crippen molar-refractivity contribution in [3.63, 3.8) is 0 Å². The number of aromatic nitrogens is 1. The minimum atomic E-state index is 0.00311. The number of hydrogen-bond donors (Lipinski definition) is 0. The first-order chi connectivity index (χ1) is 14.3. The number of amides is 1. The van der Waals surface area contributed by atoms with E-state index < -0.39 is 0 Å². The lowest BCUT2D eigenvalue weighted by Crippen LogP contribution is -2.37. The van der Waals surface area contributed by atoms with Crippen LogP contribution in [0.1, 0.15) is 49.2 Å². The molecule has 0 atom stereocenters. The molecule has 158 valence electrons. The molecule has 0 saturated carbocycles. The van der Waals surface area contributed by atoms with E-state index in [2.05, 4.69) is 23.9 Å². The van der Waals surface area contributed by atoms with Crippen LogP contribution < -0.4 is 4.90 Å². The van der Waals surface area contributed by atoms with Gasteiger partial charge in [-0.25, -0.2) is 0 Å². The standard InChI is InChI=1S/C25H31N3O2/c1-17(2)27(6)25-22(23(26-30-25)20-10-8-7-9-11-20)16-28(18(3)4)24(29)21-14-12-19(5)13-15-21/h7-15,17-18H,16H2,1-6H3. The topological polar surface area (TPSA) is 49.6 Å². The average molecular weight is 406 g/mol. The van der Waals surface area contributed by atoms with Crippen LogP contribution in [0.5, 0.6) is 0 Å². The molecule has 3 aromatic rings. The van der Waals surface area contributed by atoms with Crippen LogP contribution in [0.4, 0.5) is 5.88 Å². The monoisotopic (exact) mass is 405 g/mol. The average Bonchev–Trinajstić information content (AvgIpc) is 3.15. The van der Waals surface area contributed by atoms with Crippen molar-refractivity contribution >= 4 is 11.8 Å². The molecule has 0 saturated heterocycles. The molecule has 2 aromatic carbocycles. The molecule has 1 aromatic heterocycles. The van der Waals surface area contributed by atoms with E-state index in [4.69, 9.17) is 4.52 Å². The normalized spacial score (nSPS) is 11.2. The third-order valence-corrected chi connectivity index (χ3v) is 5.42. The van der Waals surface area contributed by atoms with E-state index in [0.717, 1.165) is 22.4 Å². The molecule has 1 amide bonds. The number of carbonyl (C=O) groups excluding carboxylic acids is 1. The van der Waals surface area contributed by atoms with Crippen LogP contribution in [0.3, 0.4) is 0 Å². The summed E-state index contributed by atoms with van der Waals surface area (Å²) in [6.07, 6.45) is 0. The summed E-state index contributed by atoms with van der Waals surface area (Å²) in [5.74, 6) is 0.703. The smallest absolute Gasteiger partial charge is 0.254 e. The Kier molecular flexibility index (Phi) is 6.60. The van der Waals surface area contributed by atoms with Gasteiger partial charge in [0, 0.05) is 30.3 Å². The number of anilines is 1. The molecule has 1 heterocycles. The minimum absolute atomic E-state index is 0.00311. The lowest BCUT2D eigenvalue weighted by atomic mass is 10.0. The molecule has 0 aliphatic carbocycles. The van der Waals surface area contributed by atoms with Gasteiger partial charge in [0.05, 0.1) is 12.1 Å². The van der Waals surface area contributed by atoms with Crippen molar-refractivity contribution < 1.29 is 9.32 Å². The molecule has 0 unspecified atom stereocenters. The maximum Gasteiger partial charge on any atom is 0.254 e. The summed E-state index contributed by atoms with van der Waals surface area (Å²) in [5.41, 5.74) is 4.50. The van der Waals surface area contributed by atoms with E-state index in [-0.39, 0.29) is 18.0 Å². The van der Waals surface area contributed by atoms with E-state index in [0.29, 0.717) is 18.0 Å². The fourth-order valence-corrected chi connectivity index (χ4v) is 3.30. The maximum atomic E-state index is 13.3. The largest absolute Gasteiger partial charge is 0.341 e. The molecule has 0 aliphatic heterocycles. The van der Waals surface area contributed by atoms with Crippen molar-refractivity contribution in [2.24, 2.45) is 0 Å². The lowest BCUT2D eigenvalue weighted by molar-refractivity contribution is 0.0690. The van der Waals surface area contributed by atoms with E-state index in [1.807, 2.05) is 87.3 Å². The van der Waals surface area contributed by atoms with Crippen molar-refractivity contribution in [3.8, 4) is 11.3 Å². The Bertz CT molecular complexity index is 975. The van der Waals surface area contributed by atoms with Crippen molar-refractivity contribution in [1.29, 1.82) is 0 Å². The Morgan fingerprint density at radius 1 is 0.967 bits per heavy atom. The predicted octanol–water partition coefficient (Wildman–Crippen LogP) is 5.55. The number of rotatable bonds is 7. The summed E-state index contributed by atoms with van der Waals surface area (Å²) in [5, 5.41) is 4.39. The fraction of sp³-hybridized carbons (Fsp3) is 0.360. The first-order valence-corrected chi connectivity index (χ1v) is 10.4. The molecule has 0 spiro atoms. The number of carbonyl (C=O) groups is 1. The van der Waals surface area contributed by atoms with Crippen LogP contribution in [0, 0.1) is 6.92 Å². The van der Waals surface area contributed by atoms with Crippen LogP contribution in [0.15, 0.2) is 59.1 Å². The molecule has 5 nitrogen and oxygen atoms in total. The van der Waals surface area contributed by atoms with Crippen LogP contribution in [0.2, 0.25) is 0 Å². The van der Waals surface area contributed by atoms with Crippen LogP contribution in [0.25, 0.3) is 11.3 Å². The predicted molar refractivity (Wildman–Crippen MR) is 122 cm³/mol. The van der Waals surface area contributed by atoms with Crippen LogP contribution >= 0.6 is 0 Å². The van der Waals surface area contributed by atoms with E-state index in [1.165, 1.54) is 0 Å². The lowest BCUT2D eigenvalue weighted by Gasteiger charge is -2.28. The Morgan fingerprint density at radius 2 is 1.60 bits per heavy atom. The molecule has 30 heavy (non-hydrogen) atoms. The van der Waals surface area contributed by atoms with Gasteiger partial charge in [0.15, 0.2) is 0 Å². The highest BCUT2D eigenvalue weighted by Crippen LogP contribution is 2.33. The molecule has 0 fully saturated rings. The zero-order valence-corrected chi connectivity index (χ0v) is 18.7. The second-order valence-corrected chi connectivity index (χ2v) is 8.28. The Morgan fingerprint density at radius 3 is 2.17 bits per heavy atom. The third kappa shape index (κ3) is 4.56. The summed E-state index contributed by atoms with van der Waals surface area (Å²) in [4.78, 5) is 17.3. The number of nitrogens with zero attached hydrogens (tertiary/aromatic N) is 3. The highest BCUT2D eigenvalue weighted by atomic mass is 16.5. The molecule has 0 N–H and O–H groups in total.